The predicted octanol–water partition coefficient (Wildman–Crippen LogP) is 24.3. The molecule has 81 heavy (non-hydrogen) atoms. The van der Waals surface area contributed by atoms with Gasteiger partial charge in [-0.1, -0.05) is 379 Å². The number of allylic oxidation sites excluding steroid dienone is 2. The molecule has 0 fully saturated rings. The van der Waals surface area contributed by atoms with E-state index in [2.05, 4.69) is 31.3 Å². The van der Waals surface area contributed by atoms with Gasteiger partial charge in [0.2, 0.25) is 5.91 Å². The predicted molar refractivity (Wildman–Crippen MR) is 357 cm³/mol. The highest BCUT2D eigenvalue weighted by atomic mass is 16.5. The minimum Gasteiger partial charge on any atom is -0.466 e. The highest BCUT2D eigenvalue weighted by Crippen LogP contribution is 2.20. The van der Waals surface area contributed by atoms with E-state index in [0.29, 0.717) is 25.9 Å². The van der Waals surface area contributed by atoms with Gasteiger partial charge in [-0.3, -0.25) is 9.59 Å². The van der Waals surface area contributed by atoms with E-state index in [1.807, 2.05) is 0 Å². The Morgan fingerprint density at radius 2 is 0.580 bits per heavy atom. The zero-order valence-corrected chi connectivity index (χ0v) is 55.3. The first kappa shape index (κ1) is 79.6. The van der Waals surface area contributed by atoms with Crippen LogP contribution in [0, 0.1) is 0 Å². The summed E-state index contributed by atoms with van der Waals surface area (Å²) in [7, 11) is 0. The van der Waals surface area contributed by atoms with Gasteiger partial charge >= 0.3 is 5.97 Å². The monoisotopic (exact) mass is 1140 g/mol. The zero-order valence-electron chi connectivity index (χ0n) is 55.3. The third kappa shape index (κ3) is 67.6. The van der Waals surface area contributed by atoms with Crippen LogP contribution in [-0.4, -0.2) is 47.4 Å². The van der Waals surface area contributed by atoms with Crippen LogP contribution in [0.25, 0.3) is 0 Å². The van der Waals surface area contributed by atoms with Gasteiger partial charge in [-0.2, -0.15) is 0 Å². The molecule has 0 saturated heterocycles. The number of hydrogen-bond acceptors (Lipinski definition) is 5. The molecule has 0 rings (SSSR count). The van der Waals surface area contributed by atoms with Gasteiger partial charge in [0, 0.05) is 12.8 Å². The first-order chi connectivity index (χ1) is 40.0. The van der Waals surface area contributed by atoms with E-state index in [1.54, 1.807) is 0 Å². The van der Waals surface area contributed by atoms with Crippen LogP contribution in [-0.2, 0) is 14.3 Å². The SMILES string of the molecule is CCCCCCCC/C=C\CCCCCCCCCC(=O)OCCCCCCCCCCCCCCCCCCCCCCCCCCCCCCCCCCCCCC(=O)NC(CO)C(O)CCCCCCCCCCCCCC. The van der Waals surface area contributed by atoms with Gasteiger partial charge < -0.3 is 20.3 Å². The molecule has 0 aromatic carbocycles. The second kappa shape index (κ2) is 71.1. The van der Waals surface area contributed by atoms with Crippen molar-refractivity contribution in [2.75, 3.05) is 13.2 Å². The van der Waals surface area contributed by atoms with E-state index < -0.39 is 12.1 Å². The highest BCUT2D eigenvalue weighted by molar-refractivity contribution is 5.76. The van der Waals surface area contributed by atoms with Gasteiger partial charge in [-0.05, 0) is 51.4 Å². The van der Waals surface area contributed by atoms with Crippen molar-refractivity contribution in [3.8, 4) is 0 Å². The molecule has 0 aliphatic rings. The second-order valence-electron chi connectivity index (χ2n) is 26.0. The van der Waals surface area contributed by atoms with Crippen molar-refractivity contribution in [3.05, 3.63) is 12.2 Å². The molecule has 0 aromatic rings. The van der Waals surface area contributed by atoms with Crippen molar-refractivity contribution in [2.45, 2.75) is 443 Å². The Bertz CT molecular complexity index is 1220. The molecule has 0 aliphatic carbocycles. The highest BCUT2D eigenvalue weighted by Gasteiger charge is 2.20. The molecule has 2 unspecified atom stereocenters. The number of ether oxygens (including phenoxy) is 1. The lowest BCUT2D eigenvalue weighted by Crippen LogP contribution is -2.45. The molecule has 0 heterocycles. The van der Waals surface area contributed by atoms with E-state index in [1.165, 1.54) is 360 Å². The van der Waals surface area contributed by atoms with Crippen LogP contribution < -0.4 is 5.32 Å². The molecule has 0 aliphatic heterocycles. The largest absolute Gasteiger partial charge is 0.466 e. The number of carbonyl (C=O) groups excluding carboxylic acids is 2. The summed E-state index contributed by atoms with van der Waals surface area (Å²) in [6, 6.07) is -0.535. The number of hydrogen-bond donors (Lipinski definition) is 3. The normalized spacial score (nSPS) is 12.5. The molecular formula is C75H147NO5. The molecule has 6 heteroatoms. The van der Waals surface area contributed by atoms with Crippen LogP contribution in [0.1, 0.15) is 431 Å². The average molecular weight is 1140 g/mol. The zero-order chi connectivity index (χ0) is 58.5. The summed E-state index contributed by atoms with van der Waals surface area (Å²) in [5.41, 5.74) is 0. The quantitative estimate of drug-likeness (QED) is 0.0320. The molecule has 2 atom stereocenters. The maximum atomic E-state index is 12.5. The molecule has 1 amide bonds. The van der Waals surface area contributed by atoms with E-state index >= 15 is 0 Å². The van der Waals surface area contributed by atoms with Gasteiger partial charge in [0.15, 0.2) is 0 Å². The molecule has 0 bridgehead atoms. The Balaban J connectivity index is 3.28. The van der Waals surface area contributed by atoms with Crippen LogP contribution in [0.3, 0.4) is 0 Å². The molecule has 0 aromatic heterocycles. The Labute approximate surface area is 508 Å². The van der Waals surface area contributed by atoms with Gasteiger partial charge in [0.05, 0.1) is 25.4 Å². The third-order valence-corrected chi connectivity index (χ3v) is 17.8. The first-order valence-electron chi connectivity index (χ1n) is 37.4. The fourth-order valence-electron chi connectivity index (χ4n) is 12.1. The summed E-state index contributed by atoms with van der Waals surface area (Å²) in [4.78, 5) is 24.6. The fourth-order valence-corrected chi connectivity index (χ4v) is 12.1. The summed E-state index contributed by atoms with van der Waals surface area (Å²) in [5.74, 6) is -0.00728. The Hall–Kier alpha value is -1.40. The fraction of sp³-hybridized carbons (Fsp3) is 0.947. The minimum absolute atomic E-state index is 0.0202. The Morgan fingerprint density at radius 1 is 0.333 bits per heavy atom. The maximum absolute atomic E-state index is 12.5. The lowest BCUT2D eigenvalue weighted by Gasteiger charge is -2.22. The lowest BCUT2D eigenvalue weighted by molar-refractivity contribution is -0.143. The van der Waals surface area contributed by atoms with Crippen molar-refractivity contribution in [3.63, 3.8) is 0 Å². The molecule has 6 nitrogen and oxygen atoms in total. The van der Waals surface area contributed by atoms with E-state index in [9.17, 15) is 19.8 Å². The van der Waals surface area contributed by atoms with Crippen LogP contribution in [0.15, 0.2) is 12.2 Å². The van der Waals surface area contributed by atoms with Crippen LogP contribution in [0.2, 0.25) is 0 Å². The number of rotatable bonds is 71. The van der Waals surface area contributed by atoms with Crippen molar-refractivity contribution >= 4 is 11.9 Å². The molecule has 3 N–H and O–H groups in total. The van der Waals surface area contributed by atoms with E-state index in [0.717, 1.165) is 38.5 Å². The van der Waals surface area contributed by atoms with Crippen molar-refractivity contribution < 1.29 is 24.5 Å². The molecule has 0 saturated carbocycles. The average Bonchev–Trinajstić information content (AvgIpc) is 3.47. The number of amides is 1. The molecular weight excluding hydrogens is 995 g/mol. The standard InChI is InChI=1S/C75H147NO5/c1-3-5-7-9-11-13-15-17-18-38-42-45-49-53-57-61-65-69-75(80)81-70-66-62-58-54-50-46-43-40-37-35-33-31-29-27-25-23-21-19-20-22-24-26-28-30-32-34-36-39-41-44-48-52-56-60-64-68-74(79)76-72(71-77)73(78)67-63-59-55-51-47-16-14-12-10-8-6-4-2/h17-18,72-73,77-78H,3-16,19-71H2,1-2H3,(H,76,79)/b18-17-. The number of unbranched alkanes of at least 4 members (excludes halogenated alkanes) is 58. The molecule has 482 valence electrons. The first-order valence-corrected chi connectivity index (χ1v) is 37.4. The summed E-state index contributed by atoms with van der Waals surface area (Å²) >= 11 is 0. The third-order valence-electron chi connectivity index (χ3n) is 17.8. The number of nitrogens with one attached hydrogen (secondary N) is 1. The van der Waals surface area contributed by atoms with Crippen molar-refractivity contribution in [1.29, 1.82) is 0 Å². The van der Waals surface area contributed by atoms with Crippen molar-refractivity contribution in [1.82, 2.24) is 5.32 Å². The van der Waals surface area contributed by atoms with Gasteiger partial charge in [-0.15, -0.1) is 0 Å². The topological polar surface area (TPSA) is 95.9 Å². The summed E-state index contributed by atoms with van der Waals surface area (Å²) < 4.78 is 5.51. The van der Waals surface area contributed by atoms with E-state index in [4.69, 9.17) is 4.74 Å². The van der Waals surface area contributed by atoms with E-state index in [-0.39, 0.29) is 18.5 Å². The van der Waals surface area contributed by atoms with Crippen LogP contribution in [0.5, 0.6) is 0 Å². The lowest BCUT2D eigenvalue weighted by atomic mass is 10.0. The second-order valence-corrected chi connectivity index (χ2v) is 26.0. The van der Waals surface area contributed by atoms with Crippen LogP contribution in [0.4, 0.5) is 0 Å². The molecule has 0 spiro atoms. The number of aliphatic hydroxyl groups is 2. The van der Waals surface area contributed by atoms with Crippen LogP contribution >= 0.6 is 0 Å². The smallest absolute Gasteiger partial charge is 0.305 e. The summed E-state index contributed by atoms with van der Waals surface area (Å²) in [5, 5.41) is 23.3. The Morgan fingerprint density at radius 3 is 0.877 bits per heavy atom. The maximum Gasteiger partial charge on any atom is 0.305 e. The Kier molecular flexibility index (Phi) is 69.9. The number of carbonyl (C=O) groups is 2. The van der Waals surface area contributed by atoms with Gasteiger partial charge in [-0.25, -0.2) is 0 Å². The number of aliphatic hydroxyl groups excluding tert-OH is 2. The summed E-state index contributed by atoms with van der Waals surface area (Å²) in [6.07, 6.45) is 88.7. The van der Waals surface area contributed by atoms with Gasteiger partial charge in [0.1, 0.15) is 0 Å². The minimum atomic E-state index is -0.658. The summed E-state index contributed by atoms with van der Waals surface area (Å²) in [6.45, 7) is 4.98. The van der Waals surface area contributed by atoms with Gasteiger partial charge in [0.25, 0.3) is 0 Å². The number of esters is 1. The van der Waals surface area contributed by atoms with Crippen molar-refractivity contribution in [2.24, 2.45) is 0 Å². The molecule has 0 radical (unpaired) electrons.